The van der Waals surface area contributed by atoms with Crippen LogP contribution < -0.4 is 0 Å². The second-order valence-electron chi connectivity index (χ2n) is 11.4. The van der Waals surface area contributed by atoms with Crippen LogP contribution in [0.25, 0.3) is 0 Å². The molecule has 4 fully saturated rings. The van der Waals surface area contributed by atoms with Gasteiger partial charge in [0.05, 0.1) is 12.8 Å². The van der Waals surface area contributed by atoms with E-state index in [2.05, 4.69) is 6.92 Å². The highest BCUT2D eigenvalue weighted by Gasteiger charge is 2.83. The van der Waals surface area contributed by atoms with Crippen molar-refractivity contribution in [2.24, 2.45) is 28.6 Å². The average molecular weight is 475 g/mol. The molecular weight excluding hydrogens is 439 g/mol. The van der Waals surface area contributed by atoms with Crippen LogP contribution in [0.1, 0.15) is 65.7 Å². The van der Waals surface area contributed by atoms with E-state index < -0.39 is 53.0 Å². The maximum absolute atomic E-state index is 14.6. The lowest BCUT2D eigenvalue weighted by Gasteiger charge is -2.56. The Bertz CT molecular complexity index is 988. The van der Waals surface area contributed by atoms with E-state index in [9.17, 15) is 23.9 Å². The number of hydrogen-bond acceptors (Lipinski definition) is 6. The van der Waals surface area contributed by atoms with Crippen LogP contribution in [-0.4, -0.2) is 53.2 Å². The first-order chi connectivity index (χ1) is 16.1. The number of halogens is 1. The molecule has 5 aliphatic rings. The van der Waals surface area contributed by atoms with Gasteiger partial charge in [0.1, 0.15) is 12.2 Å². The summed E-state index contributed by atoms with van der Waals surface area (Å²) < 4.78 is 27.1. The molecule has 0 aromatic heterocycles. The number of aliphatic hydroxyl groups is 1. The predicted octanol–water partition coefficient (Wildman–Crippen LogP) is 3.65. The number of epoxide rings is 1. The van der Waals surface area contributed by atoms with Crippen LogP contribution in [0.15, 0.2) is 23.8 Å². The van der Waals surface area contributed by atoms with Gasteiger partial charge in [0.25, 0.3) is 0 Å². The predicted molar refractivity (Wildman–Crippen MR) is 121 cm³/mol. The Balaban J connectivity index is 1.57. The van der Waals surface area contributed by atoms with Crippen LogP contribution in [0.2, 0.25) is 0 Å². The first-order valence-electron chi connectivity index (χ1n) is 12.7. The maximum Gasteiger partial charge on any atom is 0.306 e. The van der Waals surface area contributed by atoms with Gasteiger partial charge < -0.3 is 14.6 Å². The van der Waals surface area contributed by atoms with Gasteiger partial charge in [0.2, 0.25) is 5.78 Å². The van der Waals surface area contributed by atoms with Gasteiger partial charge in [-0.2, -0.15) is 0 Å². The molecule has 4 aliphatic carbocycles. The number of fused-ring (bicyclic) bond motifs is 3. The van der Waals surface area contributed by atoms with Crippen molar-refractivity contribution < 1.29 is 33.4 Å². The number of carbonyl (C=O) groups is 3. The first kappa shape index (κ1) is 23.9. The third kappa shape index (κ3) is 2.77. The van der Waals surface area contributed by atoms with E-state index in [0.717, 1.165) is 24.8 Å². The molecule has 186 valence electrons. The topological polar surface area (TPSA) is 93.2 Å². The standard InChI is InChI=1S/C27H35FO6/c1-4-5-6-23(32)34-26(21(31)15-29)17(14-28)12-20-19-8-7-16-11-18(30)9-10-24(16,2)27(19)22(33-27)13-25(20,26)3/h9-11,17,19-20,22,29H,4-8,12-15H2,1-3H3/t17-,19-,20-,22-,24-,25-,26-,27+/m0/s1. The minimum atomic E-state index is -1.69. The van der Waals surface area contributed by atoms with Crippen LogP contribution in [0.3, 0.4) is 0 Å². The number of aliphatic hydroxyl groups excluding tert-OH is 1. The Morgan fingerprint density at radius 1 is 1.29 bits per heavy atom. The fourth-order valence-electron chi connectivity index (χ4n) is 8.44. The maximum atomic E-state index is 14.6. The molecular formula is C27H35FO6. The number of carbonyl (C=O) groups excluding carboxylic acids is 3. The average Bonchev–Trinajstić information content (AvgIpc) is 3.48. The monoisotopic (exact) mass is 474 g/mol. The molecule has 0 bridgehead atoms. The number of ketones is 2. The molecule has 0 aromatic rings. The van der Waals surface area contributed by atoms with Gasteiger partial charge in [-0.1, -0.05) is 31.9 Å². The van der Waals surface area contributed by atoms with E-state index in [1.165, 1.54) is 0 Å². The van der Waals surface area contributed by atoms with Crippen LogP contribution >= 0.6 is 0 Å². The minimum Gasteiger partial charge on any atom is -0.450 e. The summed E-state index contributed by atoms with van der Waals surface area (Å²) in [5, 5.41) is 9.95. The van der Waals surface area contributed by atoms with Crippen molar-refractivity contribution in [1.82, 2.24) is 0 Å². The summed E-state index contributed by atoms with van der Waals surface area (Å²) in [6.07, 6.45) is 9.06. The highest BCUT2D eigenvalue weighted by atomic mass is 19.1. The van der Waals surface area contributed by atoms with Gasteiger partial charge in [-0.25, -0.2) is 0 Å². The van der Waals surface area contributed by atoms with Crippen molar-refractivity contribution in [3.63, 3.8) is 0 Å². The van der Waals surface area contributed by atoms with E-state index >= 15 is 0 Å². The van der Waals surface area contributed by atoms with Crippen LogP contribution in [0.4, 0.5) is 4.39 Å². The quantitative estimate of drug-likeness (QED) is 0.447. The molecule has 1 aliphatic heterocycles. The molecule has 0 unspecified atom stereocenters. The zero-order valence-electron chi connectivity index (χ0n) is 20.3. The van der Waals surface area contributed by atoms with Crippen molar-refractivity contribution in [3.05, 3.63) is 23.8 Å². The highest BCUT2D eigenvalue weighted by molar-refractivity contribution is 6.01. The summed E-state index contributed by atoms with van der Waals surface area (Å²) in [5.41, 5.74) is -2.38. The smallest absolute Gasteiger partial charge is 0.306 e. The molecule has 0 radical (unpaired) electrons. The lowest BCUT2D eigenvalue weighted by molar-refractivity contribution is -0.195. The van der Waals surface area contributed by atoms with Gasteiger partial charge >= 0.3 is 5.97 Å². The molecule has 3 saturated carbocycles. The number of allylic oxidation sites excluding steroid dienone is 2. The number of alkyl halides is 1. The molecule has 1 N–H and O–H groups in total. The Morgan fingerprint density at radius 2 is 2.06 bits per heavy atom. The largest absolute Gasteiger partial charge is 0.450 e. The SMILES string of the molecule is CCCCC(=O)O[C@]1(C(=O)CO)[C@H](CF)C[C@H]2[C@@H]3CCC4=CC(=O)C=C[C@]4(C)[C@@]34O[C@H]4C[C@@]21C. The molecule has 0 aromatic carbocycles. The lowest BCUT2D eigenvalue weighted by Crippen LogP contribution is -2.64. The fourth-order valence-corrected chi connectivity index (χ4v) is 8.44. The number of rotatable bonds is 7. The minimum absolute atomic E-state index is 0.00918. The molecule has 1 saturated heterocycles. The van der Waals surface area contributed by atoms with Gasteiger partial charge in [-0.05, 0) is 63.0 Å². The molecule has 6 nitrogen and oxygen atoms in total. The number of unbranched alkanes of at least 4 members (excludes halogenated alkanes) is 1. The van der Waals surface area contributed by atoms with Crippen molar-refractivity contribution in [1.29, 1.82) is 0 Å². The van der Waals surface area contributed by atoms with Crippen LogP contribution in [0.5, 0.6) is 0 Å². The molecule has 8 atom stereocenters. The summed E-state index contributed by atoms with van der Waals surface area (Å²) in [7, 11) is 0. The molecule has 5 rings (SSSR count). The highest BCUT2D eigenvalue weighted by Crippen LogP contribution is 2.77. The summed E-state index contributed by atoms with van der Waals surface area (Å²) in [6.45, 7) is 4.43. The summed E-state index contributed by atoms with van der Waals surface area (Å²) >= 11 is 0. The molecule has 34 heavy (non-hydrogen) atoms. The van der Waals surface area contributed by atoms with Crippen molar-refractivity contribution in [2.45, 2.75) is 83.0 Å². The van der Waals surface area contributed by atoms with Gasteiger partial charge in [0.15, 0.2) is 11.4 Å². The second kappa shape index (κ2) is 7.82. The van der Waals surface area contributed by atoms with E-state index in [1.807, 2.05) is 19.9 Å². The third-order valence-electron chi connectivity index (χ3n) is 10.0. The summed E-state index contributed by atoms with van der Waals surface area (Å²) in [6, 6.07) is 0. The van der Waals surface area contributed by atoms with Crippen molar-refractivity contribution in [2.75, 3.05) is 13.3 Å². The summed E-state index contributed by atoms with van der Waals surface area (Å²) in [4.78, 5) is 38.3. The summed E-state index contributed by atoms with van der Waals surface area (Å²) in [5.74, 6) is -1.99. The zero-order chi connectivity index (χ0) is 24.5. The molecule has 1 spiro atoms. The molecule has 7 heteroatoms. The Hall–Kier alpha value is -1.86. The van der Waals surface area contributed by atoms with E-state index in [1.54, 1.807) is 12.2 Å². The second-order valence-corrected chi connectivity index (χ2v) is 11.4. The van der Waals surface area contributed by atoms with E-state index in [-0.39, 0.29) is 30.1 Å². The van der Waals surface area contributed by atoms with Crippen LogP contribution in [0, 0.1) is 28.6 Å². The van der Waals surface area contributed by atoms with Gasteiger partial charge in [-0.3, -0.25) is 18.8 Å². The Morgan fingerprint density at radius 3 is 2.74 bits per heavy atom. The normalized spacial score (nSPS) is 46.0. The van der Waals surface area contributed by atoms with E-state index in [4.69, 9.17) is 9.47 Å². The molecule has 1 heterocycles. The molecule has 0 amide bonds. The van der Waals surface area contributed by atoms with Crippen molar-refractivity contribution >= 4 is 17.5 Å². The zero-order valence-corrected chi connectivity index (χ0v) is 20.3. The third-order valence-corrected chi connectivity index (χ3v) is 10.0. The Kier molecular flexibility index (Phi) is 5.49. The number of esters is 1. The lowest BCUT2D eigenvalue weighted by atomic mass is 9.46. The Labute approximate surface area is 199 Å². The number of hydrogen-bond donors (Lipinski definition) is 1. The number of Topliss-reactive ketones (excluding diaryl/α,β-unsaturated/α-hetero) is 1. The van der Waals surface area contributed by atoms with E-state index in [0.29, 0.717) is 19.3 Å². The van der Waals surface area contributed by atoms with Crippen LogP contribution in [-0.2, 0) is 23.9 Å². The first-order valence-corrected chi connectivity index (χ1v) is 12.7. The van der Waals surface area contributed by atoms with Gasteiger partial charge in [0, 0.05) is 23.2 Å². The van der Waals surface area contributed by atoms with Crippen molar-refractivity contribution in [3.8, 4) is 0 Å². The number of ether oxygens (including phenoxy) is 2. The fraction of sp³-hybridized carbons (Fsp3) is 0.741. The van der Waals surface area contributed by atoms with Gasteiger partial charge in [-0.15, -0.1) is 0 Å².